The summed E-state index contributed by atoms with van der Waals surface area (Å²) in [6.45, 7) is 0.100. The lowest BCUT2D eigenvalue weighted by molar-refractivity contribution is 0.0692. The molecule has 1 heterocycles. The number of aromatic carboxylic acids is 1. The van der Waals surface area contributed by atoms with E-state index in [1.807, 2.05) is 6.07 Å². The second-order valence-electron chi connectivity index (χ2n) is 7.34. The van der Waals surface area contributed by atoms with Crippen molar-refractivity contribution in [2.45, 2.75) is 25.9 Å². The van der Waals surface area contributed by atoms with Crippen LogP contribution in [0.3, 0.4) is 0 Å². The molecular weight excluding hydrogens is 504 g/mol. The molecule has 0 amide bonds. The third-order valence-corrected chi connectivity index (χ3v) is 6.07. The van der Waals surface area contributed by atoms with Crippen molar-refractivity contribution in [3.63, 3.8) is 0 Å². The van der Waals surface area contributed by atoms with E-state index in [4.69, 9.17) is 16.3 Å². The van der Waals surface area contributed by atoms with Crippen LogP contribution in [0.25, 0.3) is 11.1 Å². The smallest absolute Gasteiger partial charge is 0.338 e. The highest BCUT2D eigenvalue weighted by atomic mass is 79.9. The van der Waals surface area contributed by atoms with Gasteiger partial charge in [0.2, 0.25) is 5.88 Å². The van der Waals surface area contributed by atoms with E-state index in [9.17, 15) is 18.7 Å². The van der Waals surface area contributed by atoms with Gasteiger partial charge in [0, 0.05) is 21.8 Å². The maximum absolute atomic E-state index is 13.9. The number of aromatic nitrogens is 1. The summed E-state index contributed by atoms with van der Waals surface area (Å²) < 4.78 is 33.9. The van der Waals surface area contributed by atoms with E-state index in [1.54, 1.807) is 18.3 Å². The molecule has 4 nitrogen and oxygen atoms in total. The Morgan fingerprint density at radius 3 is 2.66 bits per heavy atom. The van der Waals surface area contributed by atoms with E-state index >= 15 is 0 Å². The number of hydrogen-bond donors (Lipinski definition) is 1. The summed E-state index contributed by atoms with van der Waals surface area (Å²) in [5.74, 6) is -2.13. The number of pyridine rings is 1. The number of rotatable bonds is 6. The van der Waals surface area contributed by atoms with E-state index in [0.717, 1.165) is 40.4 Å². The number of carboxylic acids is 1. The number of ether oxygens (including phenoxy) is 1. The number of hydrogen-bond acceptors (Lipinski definition) is 3. The lowest BCUT2D eigenvalue weighted by atomic mass is 9.96. The number of halogens is 4. The zero-order chi connectivity index (χ0) is 22.8. The van der Waals surface area contributed by atoms with Crippen LogP contribution in [0, 0.1) is 11.6 Å². The first kappa shape index (κ1) is 22.4. The highest BCUT2D eigenvalue weighted by Crippen LogP contribution is 2.43. The van der Waals surface area contributed by atoms with Gasteiger partial charge in [-0.05, 0) is 82.2 Å². The van der Waals surface area contributed by atoms with Crippen LogP contribution >= 0.6 is 27.5 Å². The molecule has 1 aliphatic rings. The largest absolute Gasteiger partial charge is 0.478 e. The van der Waals surface area contributed by atoms with Gasteiger partial charge in [0.15, 0.2) is 0 Å². The molecule has 164 valence electrons. The third kappa shape index (κ3) is 4.69. The van der Waals surface area contributed by atoms with Crippen LogP contribution < -0.4 is 4.74 Å². The Balaban J connectivity index is 1.73. The van der Waals surface area contributed by atoms with Crippen molar-refractivity contribution in [3.8, 4) is 5.88 Å². The minimum Gasteiger partial charge on any atom is -0.478 e. The van der Waals surface area contributed by atoms with Gasteiger partial charge in [-0.3, -0.25) is 0 Å². The minimum atomic E-state index is -1.31. The predicted molar refractivity (Wildman–Crippen MR) is 122 cm³/mol. The molecule has 0 bridgehead atoms. The molecule has 2 aromatic carbocycles. The molecule has 0 fully saturated rings. The summed E-state index contributed by atoms with van der Waals surface area (Å²) >= 11 is 9.55. The van der Waals surface area contributed by atoms with Crippen LogP contribution in [-0.4, -0.2) is 16.1 Å². The molecule has 4 rings (SSSR count). The molecule has 0 unspecified atom stereocenters. The monoisotopic (exact) mass is 519 g/mol. The van der Waals surface area contributed by atoms with Crippen molar-refractivity contribution >= 4 is 44.6 Å². The Hall–Kier alpha value is -2.77. The molecule has 0 spiro atoms. The van der Waals surface area contributed by atoms with E-state index < -0.39 is 17.6 Å². The number of allylic oxidation sites excluding steroid dienone is 2. The summed E-state index contributed by atoms with van der Waals surface area (Å²) in [4.78, 5) is 15.8. The predicted octanol–water partition coefficient (Wildman–Crippen LogP) is 7.15. The molecule has 1 aliphatic carbocycles. The summed E-state index contributed by atoms with van der Waals surface area (Å²) in [6.07, 6.45) is 3.93. The Labute approximate surface area is 196 Å². The number of benzene rings is 2. The van der Waals surface area contributed by atoms with Gasteiger partial charge in [-0.15, -0.1) is 0 Å². The molecule has 1 aromatic heterocycles. The van der Waals surface area contributed by atoms with E-state index in [0.29, 0.717) is 17.0 Å². The number of carboxylic acid groups (broad SMARTS) is 1. The van der Waals surface area contributed by atoms with Crippen molar-refractivity contribution in [2.24, 2.45) is 0 Å². The van der Waals surface area contributed by atoms with Gasteiger partial charge in [0.05, 0.1) is 10.6 Å². The summed E-state index contributed by atoms with van der Waals surface area (Å²) in [5.41, 5.74) is 3.55. The number of carbonyl (C=O) groups is 1. The van der Waals surface area contributed by atoms with E-state index in [-0.39, 0.29) is 17.2 Å². The fraction of sp³-hybridized carbons (Fsp3) is 0.167. The van der Waals surface area contributed by atoms with Gasteiger partial charge in [-0.25, -0.2) is 18.6 Å². The van der Waals surface area contributed by atoms with E-state index in [1.165, 1.54) is 24.3 Å². The zero-order valence-electron chi connectivity index (χ0n) is 16.7. The topological polar surface area (TPSA) is 59.4 Å². The lowest BCUT2D eigenvalue weighted by Gasteiger charge is -2.15. The third-order valence-electron chi connectivity index (χ3n) is 5.29. The van der Waals surface area contributed by atoms with Crippen molar-refractivity contribution in [1.29, 1.82) is 0 Å². The van der Waals surface area contributed by atoms with Gasteiger partial charge in [0.1, 0.15) is 18.2 Å². The maximum Gasteiger partial charge on any atom is 0.338 e. The molecule has 0 saturated heterocycles. The first-order chi connectivity index (χ1) is 15.3. The van der Waals surface area contributed by atoms with Crippen LogP contribution in [0.2, 0.25) is 5.02 Å². The van der Waals surface area contributed by atoms with Crippen molar-refractivity contribution in [1.82, 2.24) is 4.98 Å². The van der Waals surface area contributed by atoms with Gasteiger partial charge < -0.3 is 9.84 Å². The standard InChI is InChI=1S/C24H17BrClF2NO3/c25-15-9-19(23(29-11-15)32-12-14-4-6-16(27)10-21(14)26)18-3-1-2-17(18)13-5-7-22(28)20(8-13)24(30)31/h4-11H,1-3,12H2,(H,30,31). The maximum atomic E-state index is 13.9. The Kier molecular flexibility index (Phi) is 6.58. The molecule has 0 aliphatic heterocycles. The highest BCUT2D eigenvalue weighted by Gasteiger charge is 2.23. The van der Waals surface area contributed by atoms with Crippen LogP contribution in [-0.2, 0) is 6.61 Å². The lowest BCUT2D eigenvalue weighted by Crippen LogP contribution is -2.03. The van der Waals surface area contributed by atoms with Crippen LogP contribution in [0.1, 0.15) is 46.3 Å². The normalized spacial score (nSPS) is 13.5. The average Bonchev–Trinajstić information content (AvgIpc) is 3.23. The van der Waals surface area contributed by atoms with Gasteiger partial charge in [0.25, 0.3) is 0 Å². The van der Waals surface area contributed by atoms with Crippen LogP contribution in [0.4, 0.5) is 8.78 Å². The van der Waals surface area contributed by atoms with Gasteiger partial charge in [-0.1, -0.05) is 23.7 Å². The van der Waals surface area contributed by atoms with Crippen molar-refractivity contribution in [2.75, 3.05) is 0 Å². The average molecular weight is 521 g/mol. The molecule has 0 radical (unpaired) electrons. The summed E-state index contributed by atoms with van der Waals surface area (Å²) in [5, 5.41) is 9.55. The molecule has 3 aromatic rings. The fourth-order valence-corrected chi connectivity index (χ4v) is 4.33. The SMILES string of the molecule is O=C(O)c1cc(C2=C(c3cc(Br)cnc3OCc3ccc(F)cc3Cl)CCC2)ccc1F. The van der Waals surface area contributed by atoms with Gasteiger partial charge >= 0.3 is 5.97 Å². The van der Waals surface area contributed by atoms with Crippen molar-refractivity contribution < 1.29 is 23.4 Å². The van der Waals surface area contributed by atoms with Gasteiger partial charge in [-0.2, -0.15) is 0 Å². The Bertz CT molecular complexity index is 1250. The summed E-state index contributed by atoms with van der Waals surface area (Å²) in [6, 6.07) is 10.1. The molecular formula is C24H17BrClF2NO3. The van der Waals surface area contributed by atoms with Crippen LogP contribution in [0.15, 0.2) is 53.1 Å². The first-order valence-corrected chi connectivity index (χ1v) is 11.0. The molecule has 0 saturated carbocycles. The molecule has 32 heavy (non-hydrogen) atoms. The molecule has 8 heteroatoms. The van der Waals surface area contributed by atoms with Crippen LogP contribution in [0.5, 0.6) is 5.88 Å². The number of nitrogens with zero attached hydrogens (tertiary/aromatic N) is 1. The summed E-state index contributed by atoms with van der Waals surface area (Å²) in [7, 11) is 0. The molecule has 1 N–H and O–H groups in total. The zero-order valence-corrected chi connectivity index (χ0v) is 19.0. The van der Waals surface area contributed by atoms with E-state index in [2.05, 4.69) is 20.9 Å². The quantitative estimate of drug-likeness (QED) is 0.375. The fourth-order valence-electron chi connectivity index (χ4n) is 3.78. The van der Waals surface area contributed by atoms with Crippen molar-refractivity contribution in [3.05, 3.63) is 92.0 Å². The second kappa shape index (κ2) is 9.38. The molecule has 0 atom stereocenters. The Morgan fingerprint density at radius 2 is 1.91 bits per heavy atom. The minimum absolute atomic E-state index is 0.100. The first-order valence-electron chi connectivity index (χ1n) is 9.81. The Morgan fingerprint density at radius 1 is 1.12 bits per heavy atom. The second-order valence-corrected chi connectivity index (χ2v) is 8.66. The highest BCUT2D eigenvalue weighted by molar-refractivity contribution is 9.10.